The molecule has 1 aliphatic heterocycles. The lowest BCUT2D eigenvalue weighted by molar-refractivity contribution is -0.112. The van der Waals surface area contributed by atoms with Crippen molar-refractivity contribution in [2.45, 2.75) is 63.0 Å². The number of nitrogens with zero attached hydrogens (tertiary/aromatic N) is 1. The molecule has 1 aromatic heterocycles. The first kappa shape index (κ1) is 23.3. The Morgan fingerprint density at radius 1 is 1.43 bits per heavy atom. The van der Waals surface area contributed by atoms with Gasteiger partial charge in [0.25, 0.3) is 5.56 Å². The average molecular weight is 439 g/mol. The van der Waals surface area contributed by atoms with E-state index in [0.29, 0.717) is 10.8 Å². The van der Waals surface area contributed by atoms with E-state index in [9.17, 15) is 19.1 Å². The van der Waals surface area contributed by atoms with Crippen molar-refractivity contribution in [2.24, 2.45) is 0 Å². The number of aliphatic hydroxyl groups is 1. The summed E-state index contributed by atoms with van der Waals surface area (Å²) in [4.78, 5) is 25.2. The Morgan fingerprint density at radius 3 is 2.54 bits per heavy atom. The third-order valence-corrected chi connectivity index (χ3v) is 10.8. The summed E-state index contributed by atoms with van der Waals surface area (Å²) < 4.78 is 42.0. The Kier molecular flexibility index (Phi) is 6.66. The van der Waals surface area contributed by atoms with Crippen molar-refractivity contribution in [3.63, 3.8) is 0 Å². The van der Waals surface area contributed by atoms with Gasteiger partial charge in [0.1, 0.15) is 11.7 Å². The van der Waals surface area contributed by atoms with E-state index in [1.807, 2.05) is 33.9 Å². The van der Waals surface area contributed by atoms with Gasteiger partial charge in [0, 0.05) is 5.75 Å². The highest BCUT2D eigenvalue weighted by Crippen LogP contribution is 2.46. The number of ether oxygens (including phenoxy) is 1. The van der Waals surface area contributed by atoms with Crippen LogP contribution in [0, 0.1) is 5.82 Å². The molecule has 0 amide bonds. The number of aliphatic hydroxyl groups excluding tert-OH is 1. The minimum atomic E-state index is -2.47. The first-order valence-corrected chi connectivity index (χ1v) is 13.2. The first-order chi connectivity index (χ1) is 12.8. The molecule has 0 bridgehead atoms. The number of aromatic amines is 1. The second-order valence-corrected chi connectivity index (χ2v) is 14.2. The Balaban J connectivity index is 2.53. The number of H-pyrrole nitrogens is 1. The second kappa shape index (κ2) is 8.02. The van der Waals surface area contributed by atoms with Crippen LogP contribution in [0.2, 0.25) is 18.1 Å². The molecular weight excluding hydrogens is 410 g/mol. The van der Waals surface area contributed by atoms with Crippen LogP contribution in [0.5, 0.6) is 0 Å². The van der Waals surface area contributed by atoms with Crippen LogP contribution in [-0.4, -0.2) is 59.5 Å². The summed E-state index contributed by atoms with van der Waals surface area (Å²) in [6.07, 6.45) is -2.15. The summed E-state index contributed by atoms with van der Waals surface area (Å²) in [6.45, 7) is 9.34. The van der Waals surface area contributed by atoms with Gasteiger partial charge in [-0.1, -0.05) is 20.8 Å². The van der Waals surface area contributed by atoms with Gasteiger partial charge < -0.3 is 14.3 Å². The number of hydrogen-bond acceptors (Lipinski definition) is 6. The fourth-order valence-electron chi connectivity index (χ4n) is 2.87. The van der Waals surface area contributed by atoms with E-state index in [2.05, 4.69) is 0 Å². The van der Waals surface area contributed by atoms with Gasteiger partial charge >= 0.3 is 5.69 Å². The van der Waals surface area contributed by atoms with Crippen LogP contribution < -0.4 is 11.2 Å². The molecule has 0 unspecified atom stereocenters. The van der Waals surface area contributed by atoms with Gasteiger partial charge in [-0.15, -0.1) is 0 Å². The lowest BCUT2D eigenvalue weighted by Gasteiger charge is -2.42. The van der Waals surface area contributed by atoms with E-state index >= 15 is 4.39 Å². The lowest BCUT2D eigenvalue weighted by atomic mass is 9.99. The van der Waals surface area contributed by atoms with Gasteiger partial charge in [-0.2, -0.15) is 16.2 Å². The van der Waals surface area contributed by atoms with Gasteiger partial charge in [-0.25, -0.2) is 9.18 Å². The number of halogens is 2. The standard InChI is InChI=1S/C17H28F2N2O5SSi/c1-16(2,3)28(5,6)26-12-11(19)14(25-17(12,8-22)9-27-4)21-7-10(18)13(23)20-15(21)24/h7,11-12,14,22H,8-9H2,1-6H3,(H,20,23,24)/t11-,12-,14+,17-/m0/s1. The largest absolute Gasteiger partial charge is 0.408 e. The number of aromatic nitrogens is 2. The highest BCUT2D eigenvalue weighted by atomic mass is 32.2. The maximum absolute atomic E-state index is 15.6. The van der Waals surface area contributed by atoms with Crippen molar-refractivity contribution >= 4 is 20.1 Å². The Labute approximate surface area is 167 Å². The number of hydrogen-bond donors (Lipinski definition) is 2. The average Bonchev–Trinajstić information content (AvgIpc) is 2.83. The minimum absolute atomic E-state index is 0.209. The predicted molar refractivity (Wildman–Crippen MR) is 107 cm³/mol. The van der Waals surface area contributed by atoms with Gasteiger partial charge in [0.2, 0.25) is 5.82 Å². The Morgan fingerprint density at radius 2 is 2.04 bits per heavy atom. The maximum atomic E-state index is 15.6. The SMILES string of the molecule is CSC[C@]1(CO)O[C@@H](n2cc(F)c(=O)[nH]c2=O)[C@@H](F)[C@@H]1O[Si](C)(C)C(C)(C)C. The Bertz CT molecular complexity index is 825. The second-order valence-electron chi connectivity index (χ2n) is 8.55. The monoisotopic (exact) mass is 438 g/mol. The normalized spacial score (nSPS) is 28.7. The molecule has 0 spiro atoms. The molecule has 11 heteroatoms. The van der Waals surface area contributed by atoms with E-state index in [0.717, 1.165) is 0 Å². The first-order valence-electron chi connectivity index (χ1n) is 8.90. The molecule has 0 saturated carbocycles. The number of nitrogens with one attached hydrogen (secondary N) is 1. The molecule has 160 valence electrons. The minimum Gasteiger partial charge on any atom is -0.408 e. The fraction of sp³-hybridized carbons (Fsp3) is 0.765. The molecular formula is C17H28F2N2O5SSi. The van der Waals surface area contributed by atoms with E-state index in [1.54, 1.807) is 11.2 Å². The van der Waals surface area contributed by atoms with Crippen LogP contribution in [0.4, 0.5) is 8.78 Å². The zero-order valence-electron chi connectivity index (χ0n) is 16.9. The smallest absolute Gasteiger partial charge is 0.330 e. The van der Waals surface area contributed by atoms with Gasteiger partial charge in [0.05, 0.1) is 12.8 Å². The molecule has 0 radical (unpaired) electrons. The molecule has 7 nitrogen and oxygen atoms in total. The van der Waals surface area contributed by atoms with Crippen LogP contribution >= 0.6 is 11.8 Å². The molecule has 1 aromatic rings. The van der Waals surface area contributed by atoms with E-state index in [-0.39, 0.29) is 10.8 Å². The third-order valence-electron chi connectivity index (χ3n) is 5.52. The molecule has 1 fully saturated rings. The summed E-state index contributed by atoms with van der Waals surface area (Å²) in [6, 6.07) is 0. The van der Waals surface area contributed by atoms with Gasteiger partial charge in [-0.05, 0) is 24.4 Å². The van der Waals surface area contributed by atoms with Crippen molar-refractivity contribution in [3.05, 3.63) is 32.9 Å². The van der Waals surface area contributed by atoms with E-state index in [4.69, 9.17) is 9.16 Å². The van der Waals surface area contributed by atoms with Crippen molar-refractivity contribution < 1.29 is 23.1 Å². The maximum Gasteiger partial charge on any atom is 0.330 e. The highest BCUT2D eigenvalue weighted by Gasteiger charge is 2.59. The molecule has 28 heavy (non-hydrogen) atoms. The number of rotatable bonds is 6. The summed E-state index contributed by atoms with van der Waals surface area (Å²) in [5, 5.41) is 9.85. The van der Waals surface area contributed by atoms with Crippen molar-refractivity contribution in [2.75, 3.05) is 18.6 Å². The van der Waals surface area contributed by atoms with Gasteiger partial charge in [0.15, 0.2) is 20.7 Å². The molecule has 4 atom stereocenters. The van der Waals surface area contributed by atoms with E-state index in [1.165, 1.54) is 11.8 Å². The van der Waals surface area contributed by atoms with Crippen LogP contribution in [0.3, 0.4) is 0 Å². The third kappa shape index (κ3) is 4.13. The number of alkyl halides is 1. The topological polar surface area (TPSA) is 93.5 Å². The molecule has 0 aliphatic carbocycles. The van der Waals surface area contributed by atoms with Crippen molar-refractivity contribution in [1.29, 1.82) is 0 Å². The molecule has 2 N–H and O–H groups in total. The quantitative estimate of drug-likeness (QED) is 0.660. The van der Waals surface area contributed by atoms with Crippen LogP contribution in [0.1, 0.15) is 27.0 Å². The van der Waals surface area contributed by atoms with Crippen molar-refractivity contribution in [1.82, 2.24) is 9.55 Å². The van der Waals surface area contributed by atoms with Crippen LogP contribution in [0.25, 0.3) is 0 Å². The van der Waals surface area contributed by atoms with Crippen LogP contribution in [-0.2, 0) is 9.16 Å². The van der Waals surface area contributed by atoms with E-state index < -0.39 is 56.1 Å². The molecule has 0 aromatic carbocycles. The number of thioether (sulfide) groups is 1. The van der Waals surface area contributed by atoms with Crippen LogP contribution in [0.15, 0.2) is 15.8 Å². The highest BCUT2D eigenvalue weighted by molar-refractivity contribution is 7.98. The zero-order valence-corrected chi connectivity index (χ0v) is 18.7. The summed E-state index contributed by atoms with van der Waals surface area (Å²) >= 11 is 1.33. The molecule has 2 rings (SSSR count). The fourth-order valence-corrected chi connectivity index (χ4v) is 5.02. The predicted octanol–water partition coefficient (Wildman–Crippen LogP) is 2.03. The lowest BCUT2D eigenvalue weighted by Crippen LogP contribution is -2.55. The Hall–Kier alpha value is -1.01. The molecule has 2 heterocycles. The van der Waals surface area contributed by atoms with Gasteiger partial charge in [-0.3, -0.25) is 14.3 Å². The summed E-state index contributed by atoms with van der Waals surface area (Å²) in [5.41, 5.74) is -3.60. The molecule has 1 saturated heterocycles. The van der Waals surface area contributed by atoms with Crippen molar-refractivity contribution in [3.8, 4) is 0 Å². The summed E-state index contributed by atoms with van der Waals surface area (Å²) in [7, 11) is -2.47. The zero-order chi connectivity index (χ0) is 21.5. The summed E-state index contributed by atoms with van der Waals surface area (Å²) in [5.74, 6) is -1.02. The molecule has 1 aliphatic rings.